The van der Waals surface area contributed by atoms with E-state index in [0.29, 0.717) is 12.5 Å². The average molecular weight is 429 g/mol. The zero-order chi connectivity index (χ0) is 20.7. The number of carboxylic acid groups (broad SMARTS) is 1. The van der Waals surface area contributed by atoms with Gasteiger partial charge in [0.05, 0.1) is 18.3 Å². The number of rotatable bonds is 14. The van der Waals surface area contributed by atoms with Crippen molar-refractivity contribution in [2.24, 2.45) is 0 Å². The van der Waals surface area contributed by atoms with Gasteiger partial charge in [-0.1, -0.05) is 49.6 Å². The van der Waals surface area contributed by atoms with Crippen LogP contribution in [-0.2, 0) is 19.3 Å². The molecule has 2 fully saturated rings. The third-order valence-corrected chi connectivity index (χ3v) is 5.61. The van der Waals surface area contributed by atoms with Crippen molar-refractivity contribution in [3.05, 3.63) is 37.0 Å². The molecule has 0 saturated carbocycles. The van der Waals surface area contributed by atoms with E-state index in [1.807, 2.05) is 6.08 Å². The monoisotopic (exact) mass is 428 g/mol. The van der Waals surface area contributed by atoms with E-state index in [9.17, 15) is 9.90 Å². The summed E-state index contributed by atoms with van der Waals surface area (Å²) in [5, 5.41) is 10.6. The van der Waals surface area contributed by atoms with E-state index >= 15 is 0 Å². The van der Waals surface area contributed by atoms with Gasteiger partial charge in [-0.05, 0) is 57.8 Å². The molecule has 2 rings (SSSR count). The summed E-state index contributed by atoms with van der Waals surface area (Å²) in [4.78, 5) is 21.2. The summed E-state index contributed by atoms with van der Waals surface area (Å²) in [5.74, 6) is -1.10. The van der Waals surface area contributed by atoms with Gasteiger partial charge in [0.25, 0.3) is 0 Å². The van der Waals surface area contributed by atoms with Crippen LogP contribution in [0.3, 0.4) is 0 Å². The molecular weight excluding hydrogens is 391 g/mol. The van der Waals surface area contributed by atoms with Crippen LogP contribution in [0.5, 0.6) is 0 Å². The summed E-state index contributed by atoms with van der Waals surface area (Å²) in [6, 6.07) is 0. The van der Waals surface area contributed by atoms with Crippen LogP contribution >= 0.6 is 0 Å². The van der Waals surface area contributed by atoms with Crippen molar-refractivity contribution >= 4 is 5.97 Å². The second kappa shape index (κ2) is 17.2. The predicted octanol–water partition coefficient (Wildman–Crippen LogP) is 1.58. The fourth-order valence-corrected chi connectivity index (χ4v) is 3.94. The van der Waals surface area contributed by atoms with E-state index in [0.717, 1.165) is 44.9 Å². The zero-order valence-electron chi connectivity index (χ0n) is 18.6. The molecule has 2 heterocycles. The van der Waals surface area contributed by atoms with E-state index in [4.69, 9.17) is 14.5 Å². The topological polar surface area (TPSA) is 67.8 Å². The smallest absolute Gasteiger partial charge is 0.550 e. The van der Waals surface area contributed by atoms with Crippen LogP contribution in [0.1, 0.15) is 83.5 Å². The van der Waals surface area contributed by atoms with Crippen molar-refractivity contribution in [2.45, 2.75) is 108 Å². The van der Waals surface area contributed by atoms with E-state index < -0.39 is 12.1 Å². The second-order valence-electron chi connectivity index (χ2n) is 8.09. The molecule has 0 amide bonds. The molecule has 0 spiro atoms. The molecular formula is C24H37NaO5. The van der Waals surface area contributed by atoms with Crippen LogP contribution in [0.15, 0.2) is 37.0 Å². The molecule has 0 radical (unpaired) electrons. The van der Waals surface area contributed by atoms with Crippen molar-refractivity contribution < 1.29 is 54.0 Å². The zero-order valence-corrected chi connectivity index (χ0v) is 20.6. The van der Waals surface area contributed by atoms with Gasteiger partial charge in [0.15, 0.2) is 0 Å². The molecule has 2 saturated heterocycles. The molecule has 0 aliphatic carbocycles. The Labute approximate surface area is 204 Å². The maximum Gasteiger partial charge on any atom is 1.00 e. The number of carbonyl (C=O) groups excluding carboxylic acids is 1. The average Bonchev–Trinajstić information content (AvgIpc) is 3.18. The maximum atomic E-state index is 10.6. The number of hydrogen-bond donors (Lipinski definition) is 0. The van der Waals surface area contributed by atoms with Crippen molar-refractivity contribution in [1.29, 1.82) is 0 Å². The quantitative estimate of drug-likeness (QED) is 0.138. The summed E-state index contributed by atoms with van der Waals surface area (Å²) in [6.45, 7) is 3.72. The minimum atomic E-state index is -1.10. The van der Waals surface area contributed by atoms with Gasteiger partial charge in [-0.2, -0.15) is 0 Å². The molecule has 4 atom stereocenters. The summed E-state index contributed by atoms with van der Waals surface area (Å²) >= 11 is 0. The Morgan fingerprint density at radius 3 is 2.27 bits per heavy atom. The SMILES string of the molecule is C=CCC/C=C\C=C/CCCCCC[C@H]1CC[C@H]([C@@H]2CC[C@@H](CC(=O)[O-])OO2)O1.[Na+]. The largest absolute Gasteiger partial charge is 1.00 e. The number of carbonyl (C=O) groups is 1. The first-order valence-corrected chi connectivity index (χ1v) is 11.3. The molecule has 0 N–H and O–H groups in total. The Morgan fingerprint density at radius 2 is 1.57 bits per heavy atom. The summed E-state index contributed by atoms with van der Waals surface area (Å²) in [5.41, 5.74) is 0. The van der Waals surface area contributed by atoms with Gasteiger partial charge in [0.1, 0.15) is 6.10 Å². The standard InChI is InChI=1S/C24H38O5.Na/c1-2-3-4-5-6-7-8-9-10-11-12-13-14-20-15-17-22(27-20)23-18-16-21(28-29-23)19-24(25)26;/h2,5-8,20-23H,1,3-4,9-19H2,(H,25,26);/q;+1/p-1/b6-5-,8-7-;/t20-,21-,22+,23-;/m0./s1. The molecule has 0 unspecified atom stereocenters. The first-order chi connectivity index (χ1) is 14.2. The maximum absolute atomic E-state index is 10.6. The fraction of sp³-hybridized carbons (Fsp3) is 0.708. The Morgan fingerprint density at radius 1 is 0.867 bits per heavy atom. The molecule has 6 heteroatoms. The summed E-state index contributed by atoms with van der Waals surface area (Å²) in [7, 11) is 0. The fourth-order valence-electron chi connectivity index (χ4n) is 3.94. The van der Waals surface area contributed by atoms with Crippen molar-refractivity contribution in [1.82, 2.24) is 0 Å². The number of aliphatic carboxylic acids is 1. The normalized spacial score (nSPS) is 26.8. The number of ether oxygens (including phenoxy) is 1. The van der Waals surface area contributed by atoms with Gasteiger partial charge in [-0.3, -0.25) is 0 Å². The Balaban J connectivity index is 0.00000450. The molecule has 30 heavy (non-hydrogen) atoms. The van der Waals surface area contributed by atoms with Crippen molar-refractivity contribution in [3.63, 3.8) is 0 Å². The molecule has 5 nitrogen and oxygen atoms in total. The molecule has 0 aromatic heterocycles. The minimum absolute atomic E-state index is 0. The van der Waals surface area contributed by atoms with Crippen LogP contribution in [0.25, 0.3) is 0 Å². The Kier molecular flexibility index (Phi) is 15.8. The van der Waals surface area contributed by atoms with Crippen LogP contribution in [0.2, 0.25) is 0 Å². The van der Waals surface area contributed by atoms with E-state index in [-0.39, 0.29) is 48.2 Å². The minimum Gasteiger partial charge on any atom is -0.550 e. The third-order valence-electron chi connectivity index (χ3n) is 5.61. The van der Waals surface area contributed by atoms with Crippen LogP contribution in [-0.4, -0.2) is 30.4 Å². The van der Waals surface area contributed by atoms with Gasteiger partial charge in [-0.15, -0.1) is 6.58 Å². The van der Waals surface area contributed by atoms with Gasteiger partial charge < -0.3 is 14.6 Å². The van der Waals surface area contributed by atoms with Gasteiger partial charge in [0, 0.05) is 12.4 Å². The van der Waals surface area contributed by atoms with Gasteiger partial charge in [0.2, 0.25) is 0 Å². The van der Waals surface area contributed by atoms with E-state index in [2.05, 4.69) is 30.9 Å². The molecule has 0 aromatic rings. The molecule has 0 aromatic carbocycles. The van der Waals surface area contributed by atoms with E-state index in [1.165, 1.54) is 25.7 Å². The number of carboxylic acids is 1. The number of allylic oxidation sites excluding steroid dienone is 5. The van der Waals surface area contributed by atoms with Crippen LogP contribution < -0.4 is 34.7 Å². The third kappa shape index (κ3) is 11.8. The van der Waals surface area contributed by atoms with Gasteiger partial charge in [-0.25, -0.2) is 9.78 Å². The first kappa shape index (κ1) is 27.6. The second-order valence-corrected chi connectivity index (χ2v) is 8.09. The Bertz CT molecular complexity index is 526. The molecule has 0 bridgehead atoms. The number of hydrogen-bond acceptors (Lipinski definition) is 5. The van der Waals surface area contributed by atoms with E-state index in [1.54, 1.807) is 0 Å². The summed E-state index contributed by atoms with van der Waals surface area (Å²) in [6.07, 6.45) is 23.4. The van der Waals surface area contributed by atoms with Crippen molar-refractivity contribution in [2.75, 3.05) is 0 Å². The number of unbranched alkanes of at least 4 members (excludes halogenated alkanes) is 5. The van der Waals surface area contributed by atoms with Gasteiger partial charge >= 0.3 is 29.6 Å². The molecule has 164 valence electrons. The van der Waals surface area contributed by atoms with Crippen LogP contribution in [0, 0.1) is 0 Å². The molecule has 2 aliphatic rings. The predicted molar refractivity (Wildman–Crippen MR) is 112 cm³/mol. The Hall–Kier alpha value is -0.430. The van der Waals surface area contributed by atoms with Crippen molar-refractivity contribution in [3.8, 4) is 0 Å². The van der Waals surface area contributed by atoms with Crippen LogP contribution in [0.4, 0.5) is 0 Å². The summed E-state index contributed by atoms with van der Waals surface area (Å²) < 4.78 is 6.16. The molecule has 2 aliphatic heterocycles. The first-order valence-electron chi connectivity index (χ1n) is 11.3.